The van der Waals surface area contributed by atoms with E-state index in [0.717, 1.165) is 32.6 Å². The smallest absolute Gasteiger partial charge is 0.0471 e. The van der Waals surface area contributed by atoms with Crippen molar-refractivity contribution in [1.29, 1.82) is 0 Å². The second kappa shape index (κ2) is 7.65. The lowest BCUT2D eigenvalue weighted by Crippen LogP contribution is -2.44. The summed E-state index contributed by atoms with van der Waals surface area (Å²) in [6.07, 6.45) is 1.14. The van der Waals surface area contributed by atoms with Gasteiger partial charge >= 0.3 is 0 Å². The summed E-state index contributed by atoms with van der Waals surface area (Å²) in [6, 6.07) is 15.4. The minimum absolute atomic E-state index is 0.299. The van der Waals surface area contributed by atoms with Crippen LogP contribution in [0, 0.1) is 11.8 Å². The van der Waals surface area contributed by atoms with Crippen LogP contribution in [-0.2, 0) is 6.54 Å². The molecule has 138 valence electrons. The van der Waals surface area contributed by atoms with Gasteiger partial charge in [0.25, 0.3) is 0 Å². The van der Waals surface area contributed by atoms with Crippen LogP contribution in [0.4, 0.5) is 0 Å². The van der Waals surface area contributed by atoms with E-state index >= 15 is 0 Å². The molecular formula is C22H28N2OS. The number of aliphatic hydroxyl groups excluding tert-OH is 1. The summed E-state index contributed by atoms with van der Waals surface area (Å²) in [5.41, 5.74) is 1.42. The maximum atomic E-state index is 9.76. The topological polar surface area (TPSA) is 26.7 Å². The molecule has 1 fully saturated rings. The molecule has 3 nitrogen and oxygen atoms in total. The zero-order valence-corrected chi connectivity index (χ0v) is 16.5. The normalized spacial score (nSPS) is 21.8. The molecule has 2 aromatic carbocycles. The van der Waals surface area contributed by atoms with E-state index < -0.39 is 0 Å². The van der Waals surface area contributed by atoms with Crippen molar-refractivity contribution in [3.8, 4) is 0 Å². The number of rotatable bonds is 5. The van der Waals surface area contributed by atoms with Gasteiger partial charge in [0.15, 0.2) is 0 Å². The first kappa shape index (κ1) is 17.9. The quantitative estimate of drug-likeness (QED) is 0.736. The van der Waals surface area contributed by atoms with Crippen LogP contribution in [0.15, 0.2) is 42.5 Å². The molecule has 2 atom stereocenters. The Kier molecular flexibility index (Phi) is 5.28. The van der Waals surface area contributed by atoms with Crippen molar-refractivity contribution < 1.29 is 5.11 Å². The summed E-state index contributed by atoms with van der Waals surface area (Å²) in [6.45, 7) is 4.50. The maximum Gasteiger partial charge on any atom is 0.0471 e. The molecule has 4 heteroatoms. The molecular weight excluding hydrogens is 340 g/mol. The molecule has 0 aliphatic carbocycles. The van der Waals surface area contributed by atoms with Crippen molar-refractivity contribution in [2.24, 2.45) is 11.8 Å². The molecule has 0 spiro atoms. The summed E-state index contributed by atoms with van der Waals surface area (Å²) in [5.74, 6) is 1.04. The van der Waals surface area contributed by atoms with Crippen LogP contribution >= 0.6 is 11.3 Å². The number of piperidine rings is 1. The number of hydrogen-bond donors (Lipinski definition) is 1. The molecule has 0 unspecified atom stereocenters. The molecule has 2 heterocycles. The van der Waals surface area contributed by atoms with E-state index in [4.69, 9.17) is 0 Å². The van der Waals surface area contributed by atoms with Crippen LogP contribution in [-0.4, -0.2) is 55.2 Å². The Morgan fingerprint density at radius 3 is 2.62 bits per heavy atom. The summed E-state index contributed by atoms with van der Waals surface area (Å²) in [5, 5.41) is 12.5. The van der Waals surface area contributed by atoms with Crippen molar-refractivity contribution in [3.63, 3.8) is 0 Å². The van der Waals surface area contributed by atoms with E-state index in [9.17, 15) is 5.11 Å². The van der Waals surface area contributed by atoms with Gasteiger partial charge in [-0.15, -0.1) is 11.3 Å². The Hall–Kier alpha value is -1.46. The van der Waals surface area contributed by atoms with Crippen molar-refractivity contribution in [3.05, 3.63) is 48.0 Å². The second-order valence-electron chi connectivity index (χ2n) is 8.00. The summed E-state index contributed by atoms with van der Waals surface area (Å²) in [4.78, 5) is 4.83. The van der Waals surface area contributed by atoms with E-state index in [0.29, 0.717) is 18.4 Å². The Morgan fingerprint density at radius 1 is 1.04 bits per heavy atom. The lowest BCUT2D eigenvalue weighted by Gasteiger charge is -2.38. The van der Waals surface area contributed by atoms with Crippen LogP contribution in [0.5, 0.6) is 0 Å². The van der Waals surface area contributed by atoms with Crippen LogP contribution in [0.1, 0.15) is 12.0 Å². The number of thiophene rings is 1. The van der Waals surface area contributed by atoms with E-state index in [1.807, 2.05) is 11.3 Å². The highest BCUT2D eigenvalue weighted by Crippen LogP contribution is 2.36. The average molecular weight is 369 g/mol. The molecule has 3 aromatic rings. The zero-order chi connectivity index (χ0) is 18.1. The first-order valence-electron chi connectivity index (χ1n) is 9.51. The molecule has 0 bridgehead atoms. The molecule has 4 rings (SSSR count). The number of nitrogens with zero attached hydrogens (tertiary/aromatic N) is 2. The third-order valence-corrected chi connectivity index (χ3v) is 6.72. The average Bonchev–Trinajstić information content (AvgIpc) is 3.01. The SMILES string of the molecule is CN(C)C[C@@H]1C[C@@H](CO)CN(Cc2cccc3c2sc2ccccc23)C1. The van der Waals surface area contributed by atoms with Crippen LogP contribution in [0.3, 0.4) is 0 Å². The molecule has 1 aromatic heterocycles. The van der Waals surface area contributed by atoms with Crippen LogP contribution in [0.2, 0.25) is 0 Å². The monoisotopic (exact) mass is 368 g/mol. The Morgan fingerprint density at radius 2 is 1.81 bits per heavy atom. The minimum Gasteiger partial charge on any atom is -0.396 e. The molecule has 0 amide bonds. The van der Waals surface area contributed by atoms with Gasteiger partial charge in [0, 0.05) is 53.0 Å². The molecule has 1 saturated heterocycles. The Bertz CT molecular complexity index is 888. The minimum atomic E-state index is 0.299. The highest BCUT2D eigenvalue weighted by Gasteiger charge is 2.27. The highest BCUT2D eigenvalue weighted by atomic mass is 32.1. The first-order valence-corrected chi connectivity index (χ1v) is 10.3. The summed E-state index contributed by atoms with van der Waals surface area (Å²) < 4.78 is 2.79. The summed E-state index contributed by atoms with van der Waals surface area (Å²) in [7, 11) is 4.29. The fraction of sp³-hybridized carbons (Fsp3) is 0.455. The number of likely N-dealkylation sites (tertiary alicyclic amines) is 1. The van der Waals surface area contributed by atoms with Gasteiger partial charge in [0.1, 0.15) is 0 Å². The zero-order valence-electron chi connectivity index (χ0n) is 15.7. The molecule has 0 radical (unpaired) electrons. The largest absolute Gasteiger partial charge is 0.396 e. The van der Waals surface area contributed by atoms with Gasteiger partial charge in [0.2, 0.25) is 0 Å². The lowest BCUT2D eigenvalue weighted by molar-refractivity contribution is 0.0695. The standard InChI is InChI=1S/C22H28N2OS/c1-23(2)11-16-10-17(15-25)13-24(12-16)14-18-6-5-8-20-19-7-3-4-9-21(19)26-22(18)20/h3-9,16-17,25H,10-15H2,1-2H3/t16-,17+/m0/s1. The van der Waals surface area contributed by atoms with Crippen LogP contribution in [0.25, 0.3) is 20.2 Å². The molecule has 1 N–H and O–H groups in total. The molecule has 0 saturated carbocycles. The Labute approximate surface area is 159 Å². The summed E-state index contributed by atoms with van der Waals surface area (Å²) >= 11 is 1.91. The predicted molar refractivity (Wildman–Crippen MR) is 112 cm³/mol. The molecule has 1 aliphatic heterocycles. The second-order valence-corrected chi connectivity index (χ2v) is 9.05. The van der Waals surface area contributed by atoms with Gasteiger partial charge in [-0.25, -0.2) is 0 Å². The number of aliphatic hydroxyl groups is 1. The van der Waals surface area contributed by atoms with Gasteiger partial charge < -0.3 is 10.0 Å². The van der Waals surface area contributed by atoms with E-state index in [2.05, 4.69) is 66.4 Å². The van der Waals surface area contributed by atoms with Crippen molar-refractivity contribution in [1.82, 2.24) is 9.80 Å². The van der Waals surface area contributed by atoms with Gasteiger partial charge in [0.05, 0.1) is 0 Å². The fourth-order valence-corrected chi connectivity index (χ4v) is 5.71. The fourth-order valence-electron chi connectivity index (χ4n) is 4.51. The third kappa shape index (κ3) is 3.65. The van der Waals surface area contributed by atoms with Crippen molar-refractivity contribution >= 4 is 31.5 Å². The van der Waals surface area contributed by atoms with Gasteiger partial charge in [-0.05, 0) is 44.0 Å². The molecule has 1 aliphatic rings. The number of benzene rings is 2. The first-order chi connectivity index (χ1) is 12.6. The lowest BCUT2D eigenvalue weighted by atomic mass is 9.89. The Balaban J connectivity index is 1.61. The number of hydrogen-bond acceptors (Lipinski definition) is 4. The van der Waals surface area contributed by atoms with Gasteiger partial charge in [-0.1, -0.05) is 36.4 Å². The highest BCUT2D eigenvalue weighted by molar-refractivity contribution is 7.26. The van der Waals surface area contributed by atoms with E-state index in [-0.39, 0.29) is 0 Å². The molecule has 26 heavy (non-hydrogen) atoms. The van der Waals surface area contributed by atoms with Crippen LogP contribution < -0.4 is 0 Å². The van der Waals surface area contributed by atoms with Gasteiger partial charge in [-0.2, -0.15) is 0 Å². The predicted octanol–water partition coefficient (Wildman–Crippen LogP) is 4.05. The van der Waals surface area contributed by atoms with E-state index in [1.54, 1.807) is 0 Å². The van der Waals surface area contributed by atoms with Crippen molar-refractivity contribution in [2.45, 2.75) is 13.0 Å². The van der Waals surface area contributed by atoms with E-state index in [1.165, 1.54) is 25.7 Å². The number of fused-ring (bicyclic) bond motifs is 3. The van der Waals surface area contributed by atoms with Gasteiger partial charge in [-0.3, -0.25) is 4.90 Å². The van der Waals surface area contributed by atoms with Crippen molar-refractivity contribution in [2.75, 3.05) is 40.3 Å². The third-order valence-electron chi connectivity index (χ3n) is 5.46. The maximum absolute atomic E-state index is 9.76.